The Morgan fingerprint density at radius 3 is 2.58 bits per heavy atom. The molecule has 1 heterocycles. The van der Waals surface area contributed by atoms with E-state index in [4.69, 9.17) is 11.6 Å². The second-order valence-corrected chi connectivity index (χ2v) is 5.66. The van der Waals surface area contributed by atoms with E-state index in [1.165, 1.54) is 12.1 Å². The topological polar surface area (TPSA) is 57.8 Å². The summed E-state index contributed by atoms with van der Waals surface area (Å²) in [7, 11) is 0. The fraction of sp³-hybridized carbons (Fsp3) is 0.111. The Morgan fingerprint density at radius 2 is 1.92 bits per heavy atom. The van der Waals surface area contributed by atoms with Crippen LogP contribution in [0.5, 0.6) is 0 Å². The molecule has 0 atom stereocenters. The van der Waals surface area contributed by atoms with Crippen LogP contribution in [-0.2, 0) is 6.42 Å². The highest BCUT2D eigenvalue weighted by molar-refractivity contribution is 6.30. The first-order valence-electron chi connectivity index (χ1n) is 7.49. The quantitative estimate of drug-likeness (QED) is 0.722. The number of benzene rings is 2. The summed E-state index contributed by atoms with van der Waals surface area (Å²) in [5.41, 5.74) is 2.70. The summed E-state index contributed by atoms with van der Waals surface area (Å²) in [5.74, 6) is -1.08. The van der Waals surface area contributed by atoms with E-state index in [9.17, 15) is 9.18 Å². The Hall–Kier alpha value is -2.66. The van der Waals surface area contributed by atoms with Crippen LogP contribution in [0, 0.1) is 5.82 Å². The number of amides is 1. The summed E-state index contributed by atoms with van der Waals surface area (Å²) in [6.07, 6.45) is 0.646. The summed E-state index contributed by atoms with van der Waals surface area (Å²) in [5, 5.41) is 10.6. The fourth-order valence-electron chi connectivity index (χ4n) is 2.41. The number of nitrogens with zero attached hydrogens (tertiary/aromatic N) is 1. The number of aromatic nitrogens is 2. The molecule has 2 N–H and O–H groups in total. The largest absolute Gasteiger partial charge is 0.318 e. The van der Waals surface area contributed by atoms with E-state index in [0.717, 1.165) is 11.3 Å². The first-order chi connectivity index (χ1) is 11.6. The molecule has 6 heteroatoms. The van der Waals surface area contributed by atoms with Crippen LogP contribution in [-0.4, -0.2) is 16.1 Å². The van der Waals surface area contributed by atoms with Crippen LogP contribution in [0.2, 0.25) is 5.02 Å². The van der Waals surface area contributed by atoms with Gasteiger partial charge in [0.15, 0.2) is 0 Å². The van der Waals surface area contributed by atoms with Crippen molar-refractivity contribution >= 4 is 23.2 Å². The van der Waals surface area contributed by atoms with Crippen molar-refractivity contribution < 1.29 is 9.18 Å². The number of nitrogens with one attached hydrogen (secondary N) is 2. The maximum Gasteiger partial charge on any atom is 0.258 e. The second kappa shape index (κ2) is 6.84. The first-order valence-corrected chi connectivity index (χ1v) is 7.87. The number of hydrogen-bond donors (Lipinski definition) is 2. The van der Waals surface area contributed by atoms with Crippen molar-refractivity contribution in [2.24, 2.45) is 0 Å². The number of aromatic amines is 1. The number of aryl methyl sites for hydroxylation is 1. The molecule has 24 heavy (non-hydrogen) atoms. The number of carbonyl (C=O) groups is 1. The van der Waals surface area contributed by atoms with Crippen molar-refractivity contribution in [2.45, 2.75) is 13.3 Å². The van der Waals surface area contributed by atoms with Gasteiger partial charge in [0.25, 0.3) is 5.91 Å². The average molecular weight is 344 g/mol. The molecule has 3 rings (SSSR count). The zero-order valence-electron chi connectivity index (χ0n) is 12.9. The Kier molecular flexibility index (Phi) is 4.62. The van der Waals surface area contributed by atoms with Crippen molar-refractivity contribution in [2.75, 3.05) is 5.32 Å². The van der Waals surface area contributed by atoms with Gasteiger partial charge in [0, 0.05) is 10.6 Å². The summed E-state index contributed by atoms with van der Waals surface area (Å²) in [4.78, 5) is 12.4. The third-order valence-corrected chi connectivity index (χ3v) is 3.92. The minimum atomic E-state index is -0.565. The van der Waals surface area contributed by atoms with E-state index in [1.54, 1.807) is 24.3 Å². The Bertz CT molecular complexity index is 874. The van der Waals surface area contributed by atoms with Gasteiger partial charge in [-0.05, 0) is 30.7 Å². The Morgan fingerprint density at radius 1 is 1.21 bits per heavy atom. The third kappa shape index (κ3) is 3.16. The van der Waals surface area contributed by atoms with Crippen molar-refractivity contribution in [3.63, 3.8) is 0 Å². The molecule has 4 nitrogen and oxygen atoms in total. The number of hydrogen-bond acceptors (Lipinski definition) is 2. The molecule has 1 amide bonds. The number of halogens is 2. The van der Waals surface area contributed by atoms with Gasteiger partial charge < -0.3 is 5.32 Å². The van der Waals surface area contributed by atoms with E-state index in [1.807, 2.05) is 19.1 Å². The predicted octanol–water partition coefficient (Wildman–Crippen LogP) is 4.68. The van der Waals surface area contributed by atoms with Gasteiger partial charge in [-0.3, -0.25) is 9.89 Å². The van der Waals surface area contributed by atoms with E-state index in [0.29, 0.717) is 22.8 Å². The van der Waals surface area contributed by atoms with Gasteiger partial charge in [0.2, 0.25) is 0 Å². The summed E-state index contributed by atoms with van der Waals surface area (Å²) in [6.45, 7) is 1.94. The standard InChI is InChI=1S/C18H15ClFN3O/c1-2-15-17(21-18(24)13-5-3-4-6-14(13)20)16(23-22-15)11-7-9-12(19)10-8-11/h3-10H,2H2,1H3,(H,21,24)(H,22,23). The third-order valence-electron chi connectivity index (χ3n) is 3.67. The highest BCUT2D eigenvalue weighted by Gasteiger charge is 2.18. The lowest BCUT2D eigenvalue weighted by molar-refractivity contribution is 0.102. The molecule has 0 saturated heterocycles. The molecule has 0 spiro atoms. The highest BCUT2D eigenvalue weighted by Crippen LogP contribution is 2.30. The van der Waals surface area contributed by atoms with Crippen molar-refractivity contribution in [1.82, 2.24) is 10.2 Å². The summed E-state index contributed by atoms with van der Waals surface area (Å²) in [6, 6.07) is 13.0. The lowest BCUT2D eigenvalue weighted by atomic mass is 10.1. The van der Waals surface area contributed by atoms with E-state index in [2.05, 4.69) is 15.5 Å². The number of anilines is 1. The van der Waals surface area contributed by atoms with Gasteiger partial charge in [-0.1, -0.05) is 42.8 Å². The van der Waals surface area contributed by atoms with Gasteiger partial charge in [-0.2, -0.15) is 5.10 Å². The minimum absolute atomic E-state index is 0.0113. The minimum Gasteiger partial charge on any atom is -0.318 e. The van der Waals surface area contributed by atoms with E-state index in [-0.39, 0.29) is 5.56 Å². The maximum absolute atomic E-state index is 13.8. The lowest BCUT2D eigenvalue weighted by Gasteiger charge is -2.08. The summed E-state index contributed by atoms with van der Waals surface area (Å²) >= 11 is 5.91. The van der Waals surface area contributed by atoms with E-state index >= 15 is 0 Å². The smallest absolute Gasteiger partial charge is 0.258 e. The average Bonchev–Trinajstić information content (AvgIpc) is 2.98. The molecular weight excluding hydrogens is 329 g/mol. The molecule has 122 valence electrons. The van der Waals surface area contributed by atoms with Crippen molar-refractivity contribution in [1.29, 1.82) is 0 Å². The van der Waals surface area contributed by atoms with Gasteiger partial charge >= 0.3 is 0 Å². The van der Waals surface area contributed by atoms with Crippen LogP contribution in [0.15, 0.2) is 48.5 Å². The fourth-order valence-corrected chi connectivity index (χ4v) is 2.54. The molecule has 0 aliphatic carbocycles. The zero-order valence-corrected chi connectivity index (χ0v) is 13.7. The molecule has 0 aliphatic heterocycles. The van der Waals surface area contributed by atoms with Gasteiger partial charge in [0.05, 0.1) is 16.9 Å². The SMILES string of the molecule is CCc1[nH]nc(-c2ccc(Cl)cc2)c1NC(=O)c1ccccc1F. The predicted molar refractivity (Wildman–Crippen MR) is 92.8 cm³/mol. The first kappa shape index (κ1) is 16.2. The van der Waals surface area contributed by atoms with Crippen LogP contribution >= 0.6 is 11.6 Å². The molecule has 0 unspecified atom stereocenters. The van der Waals surface area contributed by atoms with Gasteiger partial charge in [0.1, 0.15) is 11.5 Å². The lowest BCUT2D eigenvalue weighted by Crippen LogP contribution is -2.14. The zero-order chi connectivity index (χ0) is 17.1. The number of rotatable bonds is 4. The Balaban J connectivity index is 1.98. The van der Waals surface area contributed by atoms with Crippen LogP contribution in [0.3, 0.4) is 0 Å². The number of carbonyl (C=O) groups excluding carboxylic acids is 1. The van der Waals surface area contributed by atoms with E-state index < -0.39 is 11.7 Å². The molecule has 1 aromatic heterocycles. The summed E-state index contributed by atoms with van der Waals surface area (Å²) < 4.78 is 13.8. The van der Waals surface area contributed by atoms with Crippen LogP contribution in [0.4, 0.5) is 10.1 Å². The molecule has 0 bridgehead atoms. The molecule has 0 saturated carbocycles. The van der Waals surface area contributed by atoms with Gasteiger partial charge in [-0.15, -0.1) is 0 Å². The molecule has 0 aliphatic rings. The molecular formula is C18H15ClFN3O. The Labute approximate surface area is 143 Å². The van der Waals surface area contributed by atoms with Crippen LogP contribution < -0.4 is 5.32 Å². The molecule has 0 fully saturated rings. The maximum atomic E-state index is 13.8. The molecule has 2 aromatic carbocycles. The van der Waals surface area contributed by atoms with Crippen LogP contribution in [0.1, 0.15) is 23.0 Å². The number of H-pyrrole nitrogens is 1. The molecule has 0 radical (unpaired) electrons. The van der Waals surface area contributed by atoms with Crippen molar-refractivity contribution in [3.05, 3.63) is 70.6 Å². The van der Waals surface area contributed by atoms with Crippen LogP contribution in [0.25, 0.3) is 11.3 Å². The second-order valence-electron chi connectivity index (χ2n) is 5.22. The monoisotopic (exact) mass is 343 g/mol. The van der Waals surface area contributed by atoms with Gasteiger partial charge in [-0.25, -0.2) is 4.39 Å². The molecule has 3 aromatic rings. The highest BCUT2D eigenvalue weighted by atomic mass is 35.5. The van der Waals surface area contributed by atoms with Crippen molar-refractivity contribution in [3.8, 4) is 11.3 Å². The normalized spacial score (nSPS) is 10.6.